The fourth-order valence-electron chi connectivity index (χ4n) is 10.1. The molecule has 29 heteroatoms. The number of amides is 14. The van der Waals surface area contributed by atoms with Crippen LogP contribution in [0.15, 0.2) is 30.3 Å². The van der Waals surface area contributed by atoms with E-state index in [-0.39, 0.29) is 57.1 Å². The normalized spacial score (nSPS) is 15.3. The van der Waals surface area contributed by atoms with Gasteiger partial charge in [0, 0.05) is 38.6 Å². The van der Waals surface area contributed by atoms with Gasteiger partial charge in [-0.25, -0.2) is 0 Å². The van der Waals surface area contributed by atoms with E-state index in [1.165, 1.54) is 53.4 Å². The van der Waals surface area contributed by atoms with Crippen LogP contribution in [0.5, 0.6) is 0 Å². The molecule has 1 aromatic rings. The molecule has 1 aliphatic heterocycles. The molecule has 2 rings (SSSR count). The number of nitrogens with two attached hydrogens (primary N) is 3. The van der Waals surface area contributed by atoms with Crippen molar-refractivity contribution in [3.8, 4) is 0 Å². The van der Waals surface area contributed by atoms with Gasteiger partial charge in [-0.05, 0) is 119 Å². The maximum Gasteiger partial charge on any atom is 0.248 e. The Morgan fingerprint density at radius 2 is 0.978 bits per heavy atom. The summed E-state index contributed by atoms with van der Waals surface area (Å²) in [5.41, 5.74) is 9.85. The van der Waals surface area contributed by atoms with Gasteiger partial charge in [0.2, 0.25) is 82.7 Å². The average molecular weight is 1310 g/mol. The summed E-state index contributed by atoms with van der Waals surface area (Å²) in [6, 6.07) is -0.235. The molecule has 0 saturated carbocycles. The monoisotopic (exact) mass is 1310 g/mol. The molecule has 0 radical (unpaired) electrons. The highest BCUT2D eigenvalue weighted by Crippen LogP contribution is 2.23. The second-order valence-electron chi connectivity index (χ2n) is 26.6. The first kappa shape index (κ1) is 80.9. The van der Waals surface area contributed by atoms with Crippen LogP contribution in [-0.2, 0) is 73.5 Å². The van der Waals surface area contributed by atoms with Gasteiger partial charge in [-0.15, -0.1) is 0 Å². The molecule has 0 aliphatic carbocycles. The number of nitrogens with one attached hydrogen (secondary N) is 10. The summed E-state index contributed by atoms with van der Waals surface area (Å²) in [5, 5.41) is 35.5. The average Bonchev–Trinajstić information content (AvgIpc) is 1.81. The van der Waals surface area contributed by atoms with Gasteiger partial charge in [-0.3, -0.25) is 67.1 Å². The van der Waals surface area contributed by atoms with Crippen molar-refractivity contribution in [2.24, 2.45) is 23.1 Å². The molecule has 14 amide bonds. The number of carbonyl (C=O) groups excluding carboxylic acids is 14. The molecular formula is C64H106N14O15. The molecule has 7 unspecified atom stereocenters. The van der Waals surface area contributed by atoms with Crippen molar-refractivity contribution in [1.29, 1.82) is 0 Å². The predicted molar refractivity (Wildman–Crippen MR) is 345 cm³/mol. The summed E-state index contributed by atoms with van der Waals surface area (Å²) in [6.45, 7) is 17.9. The first-order valence-electron chi connectivity index (χ1n) is 32.2. The molecule has 17 N–H and O–H groups in total. The van der Waals surface area contributed by atoms with Crippen molar-refractivity contribution in [3.05, 3.63) is 35.9 Å². The number of nitrogens with zero attached hydrogens (tertiary/aromatic N) is 1. The molecule has 7 atom stereocenters. The van der Waals surface area contributed by atoms with Crippen LogP contribution in [-0.4, -0.2) is 170 Å². The number of carbonyl (C=O) groups is 14. The van der Waals surface area contributed by atoms with E-state index in [1.807, 2.05) is 13.8 Å². The van der Waals surface area contributed by atoms with Crippen LogP contribution in [0.25, 0.3) is 0 Å². The number of hydrogen-bond acceptors (Lipinski definition) is 15. The fourth-order valence-corrected chi connectivity index (χ4v) is 10.1. The number of aliphatic hydroxyl groups is 1. The van der Waals surface area contributed by atoms with E-state index in [2.05, 4.69) is 60.1 Å². The van der Waals surface area contributed by atoms with Crippen molar-refractivity contribution in [3.63, 3.8) is 0 Å². The highest BCUT2D eigenvalue weighted by atomic mass is 16.3. The van der Waals surface area contributed by atoms with E-state index >= 15 is 0 Å². The third-order valence-corrected chi connectivity index (χ3v) is 15.7. The SMILES string of the molecule is CCCCCCCCCC(=O)NC(C)(C)C(=O)N1CCCC1C(=O)NC(Cc1ccccc1)C(=O)NC(C)(C)C(=O)NC(CCC(N)=O)C(=O)NC(CCC(N)=O)C(=O)NC(C)(C)C(=O)NC(C)(C)C(=O)NC(CCC(N)=O)C(=O)NC(C)C(=O)NC(CO)CC(C)C. The molecule has 522 valence electrons. The standard InChI is InChI=1S/C64H106N14O15/c1-13-14-15-16-17-18-22-27-50(83)74-64(11,12)60(93)78-34-23-26-46(78)56(89)71-45(36-40-24-20-19-21-25-40)55(88)76-61(5,6)57(90)73-43(29-32-48(66)81)53(86)70-44(30-33-49(67)82)54(87)75-63(9,10)59(92)77-62(7,8)58(91)72-42(28-31-47(65)80)52(85)68-39(4)51(84)69-41(37-79)35-38(2)3/h19-21,24-25,38-39,41-46,79H,13-18,22-23,26-37H2,1-12H3,(H2,65,80)(H2,66,81)(H2,67,82)(H,68,85)(H,69,84)(H,70,86)(H,71,89)(H,72,91)(H,73,90)(H,74,83)(H,75,87)(H,76,88)(H,77,92). The van der Waals surface area contributed by atoms with Gasteiger partial charge in [0.15, 0.2) is 0 Å². The Balaban J connectivity index is 2.32. The van der Waals surface area contributed by atoms with Crippen LogP contribution in [0.2, 0.25) is 0 Å². The summed E-state index contributed by atoms with van der Waals surface area (Å²) < 4.78 is 0. The summed E-state index contributed by atoms with van der Waals surface area (Å²) >= 11 is 0. The molecule has 29 nitrogen and oxygen atoms in total. The van der Waals surface area contributed by atoms with E-state index in [1.54, 1.807) is 44.2 Å². The third-order valence-electron chi connectivity index (χ3n) is 15.7. The molecule has 0 aromatic heterocycles. The van der Waals surface area contributed by atoms with E-state index in [0.717, 1.165) is 38.5 Å². The first-order valence-corrected chi connectivity index (χ1v) is 32.2. The van der Waals surface area contributed by atoms with E-state index in [4.69, 9.17) is 17.2 Å². The van der Waals surface area contributed by atoms with Crippen molar-refractivity contribution in [2.45, 2.75) is 263 Å². The quantitative estimate of drug-likeness (QED) is 0.0374. The fraction of sp³-hybridized carbons (Fsp3) is 0.688. The Morgan fingerprint density at radius 3 is 1.47 bits per heavy atom. The van der Waals surface area contributed by atoms with Crippen LogP contribution < -0.4 is 70.4 Å². The summed E-state index contributed by atoms with van der Waals surface area (Å²) in [5.74, 6) is -11.3. The van der Waals surface area contributed by atoms with Gasteiger partial charge in [0.25, 0.3) is 0 Å². The van der Waals surface area contributed by atoms with Gasteiger partial charge < -0.3 is 80.4 Å². The van der Waals surface area contributed by atoms with Crippen LogP contribution in [0.4, 0.5) is 0 Å². The molecule has 93 heavy (non-hydrogen) atoms. The highest BCUT2D eigenvalue weighted by Gasteiger charge is 2.44. The Labute approximate surface area is 546 Å². The van der Waals surface area contributed by atoms with Crippen molar-refractivity contribution < 1.29 is 72.2 Å². The molecule has 1 fully saturated rings. The van der Waals surface area contributed by atoms with Gasteiger partial charge in [-0.1, -0.05) is 89.6 Å². The van der Waals surface area contributed by atoms with Gasteiger partial charge in [0.05, 0.1) is 12.6 Å². The maximum atomic E-state index is 14.4. The number of unbranched alkanes of at least 4 members (excludes halogenated alkanes) is 6. The summed E-state index contributed by atoms with van der Waals surface area (Å²) in [7, 11) is 0. The van der Waals surface area contributed by atoms with E-state index in [0.29, 0.717) is 24.8 Å². The smallest absolute Gasteiger partial charge is 0.248 e. The highest BCUT2D eigenvalue weighted by molar-refractivity contribution is 6.01. The minimum Gasteiger partial charge on any atom is -0.394 e. The van der Waals surface area contributed by atoms with Crippen LogP contribution in [0.3, 0.4) is 0 Å². The van der Waals surface area contributed by atoms with Crippen molar-refractivity contribution in [2.75, 3.05) is 13.2 Å². The summed E-state index contributed by atoms with van der Waals surface area (Å²) in [6.07, 6.45) is 5.86. The van der Waals surface area contributed by atoms with Crippen molar-refractivity contribution in [1.82, 2.24) is 58.1 Å². The number of primary amides is 3. The minimum atomic E-state index is -1.92. The lowest BCUT2D eigenvalue weighted by Crippen LogP contribution is -2.66. The van der Waals surface area contributed by atoms with Crippen LogP contribution in [0, 0.1) is 5.92 Å². The van der Waals surface area contributed by atoms with Crippen molar-refractivity contribution >= 4 is 82.7 Å². The minimum absolute atomic E-state index is 0.0722. The maximum absolute atomic E-state index is 14.4. The summed E-state index contributed by atoms with van der Waals surface area (Å²) in [4.78, 5) is 190. The molecule has 1 heterocycles. The lowest BCUT2D eigenvalue weighted by Gasteiger charge is -2.34. The Morgan fingerprint density at radius 1 is 0.516 bits per heavy atom. The molecule has 1 saturated heterocycles. The molecule has 1 aliphatic rings. The zero-order chi connectivity index (χ0) is 70.6. The lowest BCUT2D eigenvalue weighted by atomic mass is 9.97. The number of aliphatic hydroxyl groups excluding tert-OH is 1. The molecule has 0 spiro atoms. The zero-order valence-electron chi connectivity index (χ0n) is 56.5. The van der Waals surface area contributed by atoms with Crippen LogP contribution >= 0.6 is 0 Å². The third kappa shape index (κ3) is 28.7. The Bertz CT molecular complexity index is 2770. The van der Waals surface area contributed by atoms with Crippen LogP contribution in [0.1, 0.15) is 198 Å². The van der Waals surface area contributed by atoms with Gasteiger partial charge in [0.1, 0.15) is 58.4 Å². The number of benzene rings is 1. The second kappa shape index (κ2) is 38.1. The Kier molecular flexibility index (Phi) is 33.1. The zero-order valence-corrected chi connectivity index (χ0v) is 56.5. The number of hydrogen-bond donors (Lipinski definition) is 14. The Hall–Kier alpha value is -8.24. The second-order valence-corrected chi connectivity index (χ2v) is 26.6. The number of rotatable bonds is 42. The molecular weight excluding hydrogens is 1200 g/mol. The largest absolute Gasteiger partial charge is 0.394 e. The predicted octanol–water partition coefficient (Wildman–Crippen LogP) is -0.296. The molecule has 1 aromatic carbocycles. The van der Waals surface area contributed by atoms with Gasteiger partial charge in [-0.2, -0.15) is 0 Å². The van der Waals surface area contributed by atoms with Gasteiger partial charge >= 0.3 is 0 Å². The number of likely N-dealkylation sites (tertiary alicyclic amines) is 1. The lowest BCUT2D eigenvalue weighted by molar-refractivity contribution is -0.145. The van der Waals surface area contributed by atoms with E-state index < -0.39 is 167 Å². The van der Waals surface area contributed by atoms with E-state index in [9.17, 15) is 72.2 Å². The first-order chi connectivity index (χ1) is 43.3. The molecule has 0 bridgehead atoms. The topological polar surface area (TPSA) is 461 Å².